The van der Waals surface area contributed by atoms with Gasteiger partial charge in [0, 0.05) is 38.1 Å². The van der Waals surface area contributed by atoms with Gasteiger partial charge in [0.1, 0.15) is 5.75 Å². The minimum atomic E-state index is 0.617. The summed E-state index contributed by atoms with van der Waals surface area (Å²) in [6.07, 6.45) is 3.46. The van der Waals surface area contributed by atoms with Crippen molar-refractivity contribution in [3.05, 3.63) is 29.3 Å². The second-order valence-electron chi connectivity index (χ2n) is 6.16. The van der Waals surface area contributed by atoms with Gasteiger partial charge in [-0.1, -0.05) is 19.1 Å². The number of nitrogens with zero attached hydrogens (tertiary/aromatic N) is 1. The molecule has 0 aliphatic carbocycles. The second kappa shape index (κ2) is 6.15. The number of piperazine rings is 1. The van der Waals surface area contributed by atoms with E-state index < -0.39 is 0 Å². The van der Waals surface area contributed by atoms with Gasteiger partial charge in [0.25, 0.3) is 0 Å². The molecule has 1 saturated heterocycles. The Morgan fingerprint density at radius 2 is 2.30 bits per heavy atom. The van der Waals surface area contributed by atoms with E-state index >= 15 is 0 Å². The molecule has 0 spiro atoms. The molecule has 3 rings (SSSR count). The molecule has 2 heterocycles. The molecule has 1 N–H and O–H groups in total. The molecule has 0 saturated carbocycles. The fourth-order valence-corrected chi connectivity index (χ4v) is 3.38. The maximum atomic E-state index is 5.58. The summed E-state index contributed by atoms with van der Waals surface area (Å²) in [5.41, 5.74) is 2.85. The van der Waals surface area contributed by atoms with Gasteiger partial charge in [-0.3, -0.25) is 4.90 Å². The predicted molar refractivity (Wildman–Crippen MR) is 82.5 cm³/mol. The van der Waals surface area contributed by atoms with Crippen LogP contribution in [-0.4, -0.2) is 43.2 Å². The summed E-state index contributed by atoms with van der Waals surface area (Å²) in [7, 11) is 0. The summed E-state index contributed by atoms with van der Waals surface area (Å²) < 4.78 is 5.58. The van der Waals surface area contributed by atoms with Gasteiger partial charge in [-0.05, 0) is 37.0 Å². The van der Waals surface area contributed by atoms with E-state index in [0.717, 1.165) is 31.7 Å². The van der Waals surface area contributed by atoms with Crippen LogP contribution in [0.25, 0.3) is 0 Å². The predicted octanol–water partition coefficient (Wildman–Crippen LogP) is 2.24. The van der Waals surface area contributed by atoms with Crippen LogP contribution in [0.2, 0.25) is 0 Å². The smallest absolute Gasteiger partial charge is 0.122 e. The lowest BCUT2D eigenvalue weighted by Crippen LogP contribution is -2.55. The molecule has 20 heavy (non-hydrogen) atoms. The first-order chi connectivity index (χ1) is 9.76. The molecule has 2 aliphatic rings. The average Bonchev–Trinajstić information content (AvgIpc) is 2.92. The zero-order valence-corrected chi connectivity index (χ0v) is 12.7. The Kier molecular flexibility index (Phi) is 4.27. The highest BCUT2D eigenvalue weighted by molar-refractivity contribution is 5.39. The molecular formula is C17H26N2O. The van der Waals surface area contributed by atoms with Crippen LogP contribution in [0.3, 0.4) is 0 Å². The minimum Gasteiger partial charge on any atom is -0.493 e. The molecule has 110 valence electrons. The van der Waals surface area contributed by atoms with Crippen molar-refractivity contribution in [1.82, 2.24) is 10.2 Å². The van der Waals surface area contributed by atoms with Crippen LogP contribution in [0.15, 0.2) is 18.2 Å². The van der Waals surface area contributed by atoms with Crippen LogP contribution in [0.4, 0.5) is 0 Å². The number of hydrogen-bond donors (Lipinski definition) is 1. The van der Waals surface area contributed by atoms with Crippen LogP contribution < -0.4 is 10.1 Å². The summed E-state index contributed by atoms with van der Waals surface area (Å²) in [5.74, 6) is 1.09. The highest BCUT2D eigenvalue weighted by Crippen LogP contribution is 2.26. The maximum Gasteiger partial charge on any atom is 0.122 e. The second-order valence-corrected chi connectivity index (χ2v) is 6.16. The lowest BCUT2D eigenvalue weighted by atomic mass is 10.0. The van der Waals surface area contributed by atoms with E-state index in [9.17, 15) is 0 Å². The fraction of sp³-hybridized carbons (Fsp3) is 0.647. The molecule has 3 heteroatoms. The first-order valence-electron chi connectivity index (χ1n) is 7.98. The zero-order valence-electron chi connectivity index (χ0n) is 12.7. The third-order valence-electron chi connectivity index (χ3n) is 4.64. The van der Waals surface area contributed by atoms with Crippen molar-refractivity contribution < 1.29 is 4.74 Å². The molecule has 0 radical (unpaired) electrons. The Bertz CT molecular complexity index is 460. The molecule has 1 aromatic rings. The normalized spacial score (nSPS) is 26.3. The highest BCUT2D eigenvalue weighted by Gasteiger charge is 2.24. The zero-order chi connectivity index (χ0) is 13.9. The largest absolute Gasteiger partial charge is 0.493 e. The lowest BCUT2D eigenvalue weighted by Gasteiger charge is -2.39. The van der Waals surface area contributed by atoms with Gasteiger partial charge in [-0.2, -0.15) is 0 Å². The highest BCUT2D eigenvalue weighted by atomic mass is 16.5. The summed E-state index contributed by atoms with van der Waals surface area (Å²) in [5, 5.41) is 3.59. The van der Waals surface area contributed by atoms with Crippen molar-refractivity contribution in [3.63, 3.8) is 0 Å². The van der Waals surface area contributed by atoms with E-state index in [0.29, 0.717) is 12.1 Å². The molecule has 2 unspecified atom stereocenters. The summed E-state index contributed by atoms with van der Waals surface area (Å²) in [6.45, 7) is 8.91. The number of hydrogen-bond acceptors (Lipinski definition) is 3. The number of rotatable bonds is 4. The van der Waals surface area contributed by atoms with Crippen LogP contribution in [-0.2, 0) is 12.8 Å². The minimum absolute atomic E-state index is 0.617. The van der Waals surface area contributed by atoms with Crippen molar-refractivity contribution in [2.24, 2.45) is 0 Å². The van der Waals surface area contributed by atoms with Crippen molar-refractivity contribution in [2.75, 3.05) is 26.2 Å². The number of fused-ring (bicyclic) bond motifs is 1. The molecule has 3 nitrogen and oxygen atoms in total. The van der Waals surface area contributed by atoms with E-state index in [-0.39, 0.29) is 0 Å². The molecule has 1 aromatic carbocycles. The molecule has 2 aliphatic heterocycles. The first-order valence-corrected chi connectivity index (χ1v) is 7.98. The summed E-state index contributed by atoms with van der Waals surface area (Å²) in [4.78, 5) is 2.66. The van der Waals surface area contributed by atoms with Crippen LogP contribution >= 0.6 is 0 Å². The van der Waals surface area contributed by atoms with Gasteiger partial charge in [-0.15, -0.1) is 0 Å². The standard InChI is InChI=1S/C17H26N2O/c1-3-16-11-18-13(2)12-19(16)8-6-14-4-5-17-15(10-14)7-9-20-17/h4-5,10,13,16,18H,3,6-9,11-12H2,1-2H3. The van der Waals surface area contributed by atoms with Gasteiger partial charge in [0.05, 0.1) is 6.61 Å². The van der Waals surface area contributed by atoms with E-state index in [1.807, 2.05) is 0 Å². The quantitative estimate of drug-likeness (QED) is 0.911. The van der Waals surface area contributed by atoms with E-state index in [1.165, 1.54) is 30.6 Å². The van der Waals surface area contributed by atoms with Crippen LogP contribution in [0.5, 0.6) is 5.75 Å². The van der Waals surface area contributed by atoms with Gasteiger partial charge in [0.2, 0.25) is 0 Å². The van der Waals surface area contributed by atoms with Crippen molar-refractivity contribution in [3.8, 4) is 5.75 Å². The van der Waals surface area contributed by atoms with E-state index in [2.05, 4.69) is 42.3 Å². The van der Waals surface area contributed by atoms with Gasteiger partial charge in [0.15, 0.2) is 0 Å². The topological polar surface area (TPSA) is 24.5 Å². The van der Waals surface area contributed by atoms with Crippen LogP contribution in [0.1, 0.15) is 31.4 Å². The van der Waals surface area contributed by atoms with Gasteiger partial charge < -0.3 is 10.1 Å². The molecule has 2 atom stereocenters. The van der Waals surface area contributed by atoms with Gasteiger partial charge in [-0.25, -0.2) is 0 Å². The Labute approximate surface area is 122 Å². The fourth-order valence-electron chi connectivity index (χ4n) is 3.38. The Hall–Kier alpha value is -1.06. The Morgan fingerprint density at radius 1 is 1.40 bits per heavy atom. The monoisotopic (exact) mass is 274 g/mol. The third kappa shape index (κ3) is 2.99. The summed E-state index contributed by atoms with van der Waals surface area (Å²) >= 11 is 0. The number of nitrogens with one attached hydrogen (secondary N) is 1. The van der Waals surface area contributed by atoms with Crippen molar-refractivity contribution in [1.29, 1.82) is 0 Å². The molecular weight excluding hydrogens is 248 g/mol. The lowest BCUT2D eigenvalue weighted by molar-refractivity contribution is 0.133. The summed E-state index contributed by atoms with van der Waals surface area (Å²) in [6, 6.07) is 8.04. The Morgan fingerprint density at radius 3 is 3.15 bits per heavy atom. The molecule has 0 amide bonds. The average molecular weight is 274 g/mol. The number of ether oxygens (including phenoxy) is 1. The maximum absolute atomic E-state index is 5.58. The van der Waals surface area contributed by atoms with Crippen LogP contribution in [0, 0.1) is 0 Å². The molecule has 0 bridgehead atoms. The van der Waals surface area contributed by atoms with Crippen molar-refractivity contribution in [2.45, 2.75) is 45.2 Å². The molecule has 1 fully saturated rings. The SMILES string of the molecule is CCC1CNC(C)CN1CCc1ccc2c(c1)CCO2. The van der Waals surface area contributed by atoms with E-state index in [1.54, 1.807) is 0 Å². The molecule has 0 aromatic heterocycles. The Balaban J connectivity index is 1.60. The van der Waals surface area contributed by atoms with Gasteiger partial charge >= 0.3 is 0 Å². The van der Waals surface area contributed by atoms with Crippen molar-refractivity contribution >= 4 is 0 Å². The van der Waals surface area contributed by atoms with E-state index in [4.69, 9.17) is 4.74 Å². The first kappa shape index (κ1) is 13.9. The number of benzene rings is 1. The third-order valence-corrected chi connectivity index (χ3v) is 4.64.